The lowest BCUT2D eigenvalue weighted by Gasteiger charge is -2.43. The number of pyridine rings is 1. The topological polar surface area (TPSA) is 54.9 Å². The fourth-order valence-corrected chi connectivity index (χ4v) is 4.29. The summed E-state index contributed by atoms with van der Waals surface area (Å²) in [5.74, 6) is 0.257. The van der Waals surface area contributed by atoms with Gasteiger partial charge in [0.1, 0.15) is 0 Å². The predicted octanol–water partition coefficient (Wildman–Crippen LogP) is 4.19. The number of carbonyl (C=O) groups is 1. The van der Waals surface area contributed by atoms with E-state index in [2.05, 4.69) is 14.6 Å². The molecule has 0 saturated carbocycles. The number of carbonyl (C=O) groups excluding carboxylic acids is 1. The highest BCUT2D eigenvalue weighted by Gasteiger charge is 2.31. The number of benzene rings is 2. The standard InChI is InChI=1S/C26H27F2N3O3/c1-33-23-11-10-21(17-24(23)34-26(27)28)30-13-14-31(25(32)16-20-9-5-6-12-29-20)22(18-30)15-19-7-3-2-4-8-19/h2-12,17,22,26H,13-16,18H2,1H3. The fourth-order valence-electron chi connectivity index (χ4n) is 4.29. The lowest BCUT2D eigenvalue weighted by Crippen LogP contribution is -2.56. The van der Waals surface area contributed by atoms with E-state index in [1.807, 2.05) is 59.5 Å². The van der Waals surface area contributed by atoms with E-state index in [-0.39, 0.29) is 29.9 Å². The number of halogens is 2. The van der Waals surface area contributed by atoms with E-state index >= 15 is 0 Å². The maximum absolute atomic E-state index is 13.2. The van der Waals surface area contributed by atoms with Gasteiger partial charge in [-0.25, -0.2) is 0 Å². The van der Waals surface area contributed by atoms with Gasteiger partial charge in [0.25, 0.3) is 0 Å². The van der Waals surface area contributed by atoms with Crippen molar-refractivity contribution in [1.82, 2.24) is 9.88 Å². The largest absolute Gasteiger partial charge is 0.493 e. The zero-order chi connectivity index (χ0) is 23.9. The predicted molar refractivity (Wildman–Crippen MR) is 125 cm³/mol. The summed E-state index contributed by atoms with van der Waals surface area (Å²) in [6, 6.07) is 20.5. The van der Waals surface area contributed by atoms with Crippen LogP contribution in [-0.2, 0) is 17.6 Å². The molecular weight excluding hydrogens is 440 g/mol. The summed E-state index contributed by atoms with van der Waals surface area (Å²) in [5.41, 5.74) is 2.60. The number of rotatable bonds is 8. The minimum Gasteiger partial charge on any atom is -0.493 e. The van der Waals surface area contributed by atoms with Gasteiger partial charge in [0.2, 0.25) is 5.91 Å². The lowest BCUT2D eigenvalue weighted by atomic mass is 10.0. The lowest BCUT2D eigenvalue weighted by molar-refractivity contribution is -0.133. The van der Waals surface area contributed by atoms with Gasteiger partial charge in [0, 0.05) is 43.3 Å². The SMILES string of the molecule is COc1ccc(N2CCN(C(=O)Cc3ccccn3)C(Cc3ccccc3)C2)cc1OC(F)F. The molecule has 8 heteroatoms. The van der Waals surface area contributed by atoms with Gasteiger partial charge in [-0.3, -0.25) is 9.78 Å². The average molecular weight is 468 g/mol. The molecule has 1 aromatic heterocycles. The summed E-state index contributed by atoms with van der Waals surface area (Å²) in [6.45, 7) is -1.31. The summed E-state index contributed by atoms with van der Waals surface area (Å²) in [5, 5.41) is 0. The van der Waals surface area contributed by atoms with E-state index < -0.39 is 6.61 Å². The molecule has 4 rings (SSSR count). The van der Waals surface area contributed by atoms with Gasteiger partial charge < -0.3 is 19.3 Å². The number of anilines is 1. The number of hydrogen-bond donors (Lipinski definition) is 0. The Morgan fingerprint density at radius 1 is 1.06 bits per heavy atom. The minimum atomic E-state index is -2.95. The van der Waals surface area contributed by atoms with Crippen LogP contribution in [0.15, 0.2) is 72.9 Å². The Morgan fingerprint density at radius 3 is 2.56 bits per heavy atom. The molecule has 3 aromatic rings. The number of methoxy groups -OCH3 is 1. The molecule has 1 atom stereocenters. The normalized spacial score (nSPS) is 15.9. The maximum Gasteiger partial charge on any atom is 0.387 e. The van der Waals surface area contributed by atoms with Crippen LogP contribution in [0.1, 0.15) is 11.3 Å². The third-order valence-corrected chi connectivity index (χ3v) is 5.90. The molecule has 2 heterocycles. The molecule has 1 aliphatic rings. The number of amides is 1. The summed E-state index contributed by atoms with van der Waals surface area (Å²) >= 11 is 0. The first-order chi connectivity index (χ1) is 16.5. The van der Waals surface area contributed by atoms with Crippen molar-refractivity contribution in [2.45, 2.75) is 25.5 Å². The van der Waals surface area contributed by atoms with Crippen molar-refractivity contribution in [3.8, 4) is 11.5 Å². The first-order valence-electron chi connectivity index (χ1n) is 11.1. The van der Waals surface area contributed by atoms with Crippen molar-refractivity contribution in [3.05, 3.63) is 84.2 Å². The zero-order valence-corrected chi connectivity index (χ0v) is 18.9. The molecule has 0 aliphatic carbocycles. The number of hydrogen-bond acceptors (Lipinski definition) is 5. The molecule has 34 heavy (non-hydrogen) atoms. The highest BCUT2D eigenvalue weighted by atomic mass is 19.3. The second kappa shape index (κ2) is 11.0. The third-order valence-electron chi connectivity index (χ3n) is 5.90. The highest BCUT2D eigenvalue weighted by Crippen LogP contribution is 2.34. The van der Waals surface area contributed by atoms with Crippen LogP contribution in [0.4, 0.5) is 14.5 Å². The first-order valence-corrected chi connectivity index (χ1v) is 11.1. The molecule has 6 nitrogen and oxygen atoms in total. The maximum atomic E-state index is 13.2. The van der Waals surface area contributed by atoms with Gasteiger partial charge >= 0.3 is 6.61 Å². The van der Waals surface area contributed by atoms with E-state index in [0.717, 1.165) is 16.9 Å². The van der Waals surface area contributed by atoms with Gasteiger partial charge in [0.05, 0.1) is 19.6 Å². The van der Waals surface area contributed by atoms with Crippen molar-refractivity contribution in [1.29, 1.82) is 0 Å². The van der Waals surface area contributed by atoms with E-state index in [1.165, 1.54) is 7.11 Å². The number of ether oxygens (including phenoxy) is 2. The Bertz CT molecular complexity index is 1080. The van der Waals surface area contributed by atoms with Crippen LogP contribution in [0.5, 0.6) is 11.5 Å². The smallest absolute Gasteiger partial charge is 0.387 e. The molecule has 1 amide bonds. The Labute approximate surface area is 197 Å². The van der Waals surface area contributed by atoms with Crippen molar-refractivity contribution in [3.63, 3.8) is 0 Å². The Kier molecular flexibility index (Phi) is 7.57. The molecule has 1 unspecified atom stereocenters. The number of alkyl halides is 2. The van der Waals surface area contributed by atoms with E-state index in [1.54, 1.807) is 18.3 Å². The Hall–Kier alpha value is -3.68. The van der Waals surface area contributed by atoms with Crippen LogP contribution in [0.2, 0.25) is 0 Å². The van der Waals surface area contributed by atoms with Gasteiger partial charge in [-0.15, -0.1) is 0 Å². The number of piperazine rings is 1. The van der Waals surface area contributed by atoms with Gasteiger partial charge in [-0.1, -0.05) is 36.4 Å². The van der Waals surface area contributed by atoms with Gasteiger partial charge in [-0.05, 0) is 36.2 Å². The quantitative estimate of drug-likeness (QED) is 0.497. The molecule has 0 radical (unpaired) electrons. The summed E-state index contributed by atoms with van der Waals surface area (Å²) in [4.78, 5) is 21.5. The molecule has 178 valence electrons. The van der Waals surface area contributed by atoms with Crippen LogP contribution in [-0.4, -0.2) is 55.2 Å². The van der Waals surface area contributed by atoms with Crippen molar-refractivity contribution < 1.29 is 23.0 Å². The van der Waals surface area contributed by atoms with Gasteiger partial charge in [-0.2, -0.15) is 8.78 Å². The van der Waals surface area contributed by atoms with Crippen molar-refractivity contribution >= 4 is 11.6 Å². The summed E-state index contributed by atoms with van der Waals surface area (Å²) in [6.07, 6.45) is 2.60. The third kappa shape index (κ3) is 5.81. The van der Waals surface area contributed by atoms with Crippen LogP contribution < -0.4 is 14.4 Å². The molecule has 1 fully saturated rings. The summed E-state index contributed by atoms with van der Waals surface area (Å²) in [7, 11) is 1.41. The first kappa shape index (κ1) is 23.5. The molecule has 0 spiro atoms. The van der Waals surface area contributed by atoms with E-state index in [4.69, 9.17) is 4.74 Å². The Balaban J connectivity index is 1.56. The van der Waals surface area contributed by atoms with Crippen LogP contribution in [0.25, 0.3) is 0 Å². The minimum absolute atomic E-state index is 0.0109. The molecule has 1 saturated heterocycles. The molecule has 0 N–H and O–H groups in total. The average Bonchev–Trinajstić information content (AvgIpc) is 2.85. The van der Waals surface area contributed by atoms with Crippen molar-refractivity contribution in [2.24, 2.45) is 0 Å². The molecular formula is C26H27F2N3O3. The molecule has 2 aromatic carbocycles. The van der Waals surface area contributed by atoms with E-state index in [0.29, 0.717) is 26.1 Å². The second-order valence-electron chi connectivity index (χ2n) is 8.09. The number of aromatic nitrogens is 1. The second-order valence-corrected chi connectivity index (χ2v) is 8.09. The number of nitrogens with zero attached hydrogens (tertiary/aromatic N) is 3. The summed E-state index contributed by atoms with van der Waals surface area (Å²) < 4.78 is 35.6. The van der Waals surface area contributed by atoms with Crippen LogP contribution >= 0.6 is 0 Å². The van der Waals surface area contributed by atoms with Crippen LogP contribution in [0.3, 0.4) is 0 Å². The molecule has 0 bridgehead atoms. The Morgan fingerprint density at radius 2 is 1.85 bits per heavy atom. The van der Waals surface area contributed by atoms with Crippen LogP contribution in [0, 0.1) is 0 Å². The zero-order valence-electron chi connectivity index (χ0n) is 18.9. The van der Waals surface area contributed by atoms with Gasteiger partial charge in [0.15, 0.2) is 11.5 Å². The monoisotopic (exact) mass is 467 g/mol. The highest BCUT2D eigenvalue weighted by molar-refractivity contribution is 5.79. The van der Waals surface area contributed by atoms with Crippen molar-refractivity contribution in [2.75, 3.05) is 31.6 Å². The van der Waals surface area contributed by atoms with E-state index in [9.17, 15) is 13.6 Å². The molecule has 1 aliphatic heterocycles. The fraction of sp³-hybridized carbons (Fsp3) is 0.308.